The summed E-state index contributed by atoms with van der Waals surface area (Å²) in [4.78, 5) is 11.4. The third-order valence-corrected chi connectivity index (χ3v) is 1.77. The molecule has 14 heavy (non-hydrogen) atoms. The maximum absolute atomic E-state index is 11.4. The zero-order valence-corrected chi connectivity index (χ0v) is 8.07. The number of ether oxygens (including phenoxy) is 1. The van der Waals surface area contributed by atoms with Gasteiger partial charge < -0.3 is 4.74 Å². The van der Waals surface area contributed by atoms with Gasteiger partial charge >= 0.3 is 5.97 Å². The molecule has 0 amide bonds. The molecule has 0 atom stereocenters. The van der Waals surface area contributed by atoms with Gasteiger partial charge in [0.2, 0.25) is 0 Å². The van der Waals surface area contributed by atoms with Crippen molar-refractivity contribution in [3.05, 3.63) is 54.6 Å². The van der Waals surface area contributed by atoms with Crippen LogP contribution in [0.3, 0.4) is 0 Å². The molecule has 1 rings (SSSR count). The van der Waals surface area contributed by atoms with Crippen LogP contribution in [0.5, 0.6) is 0 Å². The van der Waals surface area contributed by atoms with Crippen molar-refractivity contribution in [1.82, 2.24) is 0 Å². The van der Waals surface area contributed by atoms with Crippen molar-refractivity contribution in [2.45, 2.75) is 0 Å². The first kappa shape index (κ1) is 10.3. The van der Waals surface area contributed by atoms with Gasteiger partial charge in [0.05, 0.1) is 12.7 Å². The number of allylic oxidation sites excluding steroid dienone is 2. The molecule has 0 saturated carbocycles. The molecule has 2 heteroatoms. The molecular formula is C12H12O2. The Morgan fingerprint density at radius 1 is 1.36 bits per heavy atom. The number of esters is 1. The van der Waals surface area contributed by atoms with Gasteiger partial charge in [-0.25, -0.2) is 4.79 Å². The van der Waals surface area contributed by atoms with Crippen molar-refractivity contribution < 1.29 is 9.53 Å². The molecule has 0 aromatic heterocycles. The molecule has 2 nitrogen and oxygen atoms in total. The van der Waals surface area contributed by atoms with Crippen LogP contribution in [-0.2, 0) is 9.53 Å². The topological polar surface area (TPSA) is 26.3 Å². The Balaban J connectivity index is 3.07. The highest BCUT2D eigenvalue weighted by molar-refractivity contribution is 6.16. The van der Waals surface area contributed by atoms with Crippen molar-refractivity contribution >= 4 is 11.5 Å². The molecule has 72 valence electrons. The van der Waals surface area contributed by atoms with Crippen LogP contribution >= 0.6 is 0 Å². The number of carbonyl (C=O) groups excluding carboxylic acids is 1. The largest absolute Gasteiger partial charge is 0.465 e. The monoisotopic (exact) mass is 188 g/mol. The molecule has 0 saturated heterocycles. The maximum Gasteiger partial charge on any atom is 0.338 e. The minimum Gasteiger partial charge on any atom is -0.465 e. The van der Waals surface area contributed by atoms with E-state index in [0.29, 0.717) is 5.57 Å². The predicted octanol–water partition coefficient (Wildman–Crippen LogP) is 2.43. The normalized spacial score (nSPS) is 10.8. The van der Waals surface area contributed by atoms with Crippen LogP contribution in [0.1, 0.15) is 5.56 Å². The average Bonchev–Trinajstić information content (AvgIpc) is 2.26. The number of benzene rings is 1. The van der Waals surface area contributed by atoms with Gasteiger partial charge in [0, 0.05) is 0 Å². The molecule has 0 heterocycles. The Hall–Kier alpha value is -1.83. The molecule has 0 aliphatic heterocycles. The highest BCUT2D eigenvalue weighted by Crippen LogP contribution is 2.15. The molecule has 1 aromatic carbocycles. The van der Waals surface area contributed by atoms with E-state index >= 15 is 0 Å². The van der Waals surface area contributed by atoms with Crippen LogP contribution in [-0.4, -0.2) is 13.1 Å². The van der Waals surface area contributed by atoms with E-state index in [1.54, 1.807) is 12.2 Å². The summed E-state index contributed by atoms with van der Waals surface area (Å²) >= 11 is 0. The Labute approximate surface area is 83.5 Å². The van der Waals surface area contributed by atoms with Gasteiger partial charge in [0.1, 0.15) is 0 Å². The second-order valence-corrected chi connectivity index (χ2v) is 2.67. The van der Waals surface area contributed by atoms with Crippen molar-refractivity contribution in [2.24, 2.45) is 0 Å². The summed E-state index contributed by atoms with van der Waals surface area (Å²) in [5.41, 5.74) is 1.35. The molecule has 0 bridgehead atoms. The molecule has 0 radical (unpaired) electrons. The highest BCUT2D eigenvalue weighted by Gasteiger charge is 2.09. The molecule has 0 aliphatic carbocycles. The third-order valence-electron chi connectivity index (χ3n) is 1.77. The van der Waals surface area contributed by atoms with Crippen molar-refractivity contribution in [1.29, 1.82) is 0 Å². The molecule has 0 fully saturated rings. The fourth-order valence-electron chi connectivity index (χ4n) is 1.13. The second kappa shape index (κ2) is 5.02. The van der Waals surface area contributed by atoms with E-state index < -0.39 is 0 Å². The number of carbonyl (C=O) groups is 1. The molecule has 0 N–H and O–H groups in total. The van der Waals surface area contributed by atoms with Gasteiger partial charge in [-0.3, -0.25) is 0 Å². The lowest BCUT2D eigenvalue weighted by molar-refractivity contribution is -0.133. The predicted molar refractivity (Wildman–Crippen MR) is 56.6 cm³/mol. The third kappa shape index (κ3) is 2.33. The zero-order chi connectivity index (χ0) is 10.4. The van der Waals surface area contributed by atoms with Gasteiger partial charge in [-0.2, -0.15) is 0 Å². The van der Waals surface area contributed by atoms with Crippen LogP contribution in [0.4, 0.5) is 0 Å². The number of methoxy groups -OCH3 is 1. The summed E-state index contributed by atoms with van der Waals surface area (Å²) in [6, 6.07) is 9.34. The summed E-state index contributed by atoms with van der Waals surface area (Å²) in [6.07, 6.45) is 3.21. The minimum absolute atomic E-state index is 0.351. The smallest absolute Gasteiger partial charge is 0.338 e. The maximum atomic E-state index is 11.4. The van der Waals surface area contributed by atoms with Crippen molar-refractivity contribution in [3.8, 4) is 0 Å². The Kier molecular flexibility index (Phi) is 3.68. The first-order chi connectivity index (χ1) is 6.79. The first-order valence-electron chi connectivity index (χ1n) is 4.26. The van der Waals surface area contributed by atoms with Gasteiger partial charge in [0.15, 0.2) is 0 Å². The van der Waals surface area contributed by atoms with E-state index in [9.17, 15) is 4.79 Å². The lowest BCUT2D eigenvalue weighted by Crippen LogP contribution is -2.03. The van der Waals surface area contributed by atoms with Crippen molar-refractivity contribution in [3.63, 3.8) is 0 Å². The van der Waals surface area contributed by atoms with E-state index in [1.807, 2.05) is 30.3 Å². The summed E-state index contributed by atoms with van der Waals surface area (Å²) in [7, 11) is 1.36. The number of hydrogen-bond donors (Lipinski definition) is 0. The average molecular weight is 188 g/mol. The van der Waals surface area contributed by atoms with Crippen molar-refractivity contribution in [2.75, 3.05) is 7.11 Å². The quantitative estimate of drug-likeness (QED) is 0.413. The van der Waals surface area contributed by atoms with Gasteiger partial charge in [-0.15, -0.1) is 0 Å². The summed E-state index contributed by atoms with van der Waals surface area (Å²) in [5, 5.41) is 0. The lowest BCUT2D eigenvalue weighted by atomic mass is 10.1. The van der Waals surface area contributed by atoms with E-state index in [1.165, 1.54) is 7.11 Å². The lowest BCUT2D eigenvalue weighted by Gasteiger charge is -2.03. The van der Waals surface area contributed by atoms with Gasteiger partial charge in [-0.05, 0) is 11.6 Å². The van der Waals surface area contributed by atoms with E-state index in [0.717, 1.165) is 5.56 Å². The molecule has 0 aliphatic rings. The molecular weight excluding hydrogens is 176 g/mol. The molecule has 0 unspecified atom stereocenters. The van der Waals surface area contributed by atoms with E-state index in [-0.39, 0.29) is 5.97 Å². The first-order valence-corrected chi connectivity index (χ1v) is 4.26. The fraction of sp³-hybridized carbons (Fsp3) is 0.0833. The van der Waals surface area contributed by atoms with Gasteiger partial charge in [0.25, 0.3) is 0 Å². The molecule has 1 aromatic rings. The Morgan fingerprint density at radius 2 is 2.00 bits per heavy atom. The Morgan fingerprint density at radius 3 is 2.50 bits per heavy atom. The SMILES string of the molecule is C=C/C=C(/C(=O)OC)c1ccccc1. The van der Waals surface area contributed by atoms with Gasteiger partial charge in [-0.1, -0.05) is 43.0 Å². The number of hydrogen-bond acceptors (Lipinski definition) is 2. The van der Waals surface area contributed by atoms with E-state index in [4.69, 9.17) is 0 Å². The number of rotatable bonds is 3. The standard InChI is InChI=1S/C12H12O2/c1-3-7-11(12(13)14-2)10-8-5-4-6-9-10/h3-9H,1H2,2H3/b11-7+. The second-order valence-electron chi connectivity index (χ2n) is 2.67. The van der Waals surface area contributed by atoms with Crippen LogP contribution < -0.4 is 0 Å². The minimum atomic E-state index is -0.351. The van der Waals surface area contributed by atoms with E-state index in [2.05, 4.69) is 11.3 Å². The van der Waals surface area contributed by atoms with Crippen LogP contribution in [0.2, 0.25) is 0 Å². The fourth-order valence-corrected chi connectivity index (χ4v) is 1.13. The molecule has 0 spiro atoms. The zero-order valence-electron chi connectivity index (χ0n) is 8.07. The summed E-state index contributed by atoms with van der Waals surface area (Å²) < 4.78 is 4.66. The van der Waals surface area contributed by atoms with Crippen LogP contribution in [0, 0.1) is 0 Å². The summed E-state index contributed by atoms with van der Waals surface area (Å²) in [5.74, 6) is -0.351. The summed E-state index contributed by atoms with van der Waals surface area (Å²) in [6.45, 7) is 3.56. The Bertz CT molecular complexity index is 350. The highest BCUT2D eigenvalue weighted by atomic mass is 16.5. The van der Waals surface area contributed by atoms with Crippen LogP contribution in [0.15, 0.2) is 49.1 Å². The van der Waals surface area contributed by atoms with Crippen LogP contribution in [0.25, 0.3) is 5.57 Å².